The number of esters is 1. The number of benzene rings is 1. The Kier molecular flexibility index (Phi) is 6.18. The fourth-order valence-electron chi connectivity index (χ4n) is 1.96. The van der Waals surface area contributed by atoms with Gasteiger partial charge < -0.3 is 14.6 Å². The van der Waals surface area contributed by atoms with Crippen molar-refractivity contribution in [2.45, 2.75) is 6.92 Å². The van der Waals surface area contributed by atoms with Gasteiger partial charge in [0.2, 0.25) is 0 Å². The molecule has 1 aromatic rings. The molecule has 0 radical (unpaired) electrons. The molecule has 1 fully saturated rings. The van der Waals surface area contributed by atoms with Crippen molar-refractivity contribution in [3.63, 3.8) is 0 Å². The number of carboxylic acid groups (broad SMARTS) is 1. The van der Waals surface area contributed by atoms with E-state index in [2.05, 4.69) is 0 Å². The molecule has 0 unspecified atom stereocenters. The molecule has 132 valence electrons. The standard InChI is InChI=1S/C16H15NO7S/c1-2-23-14(20)8-17-15(21)12(25-16(17)22)7-10-4-3-5-11(6-10)24-9-13(18)19/h3-7H,2,8-9H2,1H3,(H,18,19)/b12-7+. The van der Waals surface area contributed by atoms with Crippen LogP contribution in [0.2, 0.25) is 0 Å². The Hall–Kier alpha value is -2.81. The highest BCUT2D eigenvalue weighted by Gasteiger charge is 2.36. The second kappa shape index (κ2) is 8.34. The molecular formula is C16H15NO7S. The first-order chi connectivity index (χ1) is 11.9. The van der Waals surface area contributed by atoms with Crippen LogP contribution in [-0.4, -0.2) is 52.8 Å². The summed E-state index contributed by atoms with van der Waals surface area (Å²) in [6.07, 6.45) is 1.48. The molecule has 0 aliphatic carbocycles. The average Bonchev–Trinajstić information content (AvgIpc) is 2.81. The summed E-state index contributed by atoms with van der Waals surface area (Å²) in [5.74, 6) is -2.03. The number of amides is 2. The van der Waals surface area contributed by atoms with Crippen molar-refractivity contribution in [1.29, 1.82) is 0 Å². The van der Waals surface area contributed by atoms with Gasteiger partial charge in [-0.25, -0.2) is 4.79 Å². The highest BCUT2D eigenvalue weighted by atomic mass is 32.2. The number of rotatable bonds is 7. The number of aliphatic carboxylic acids is 1. The van der Waals surface area contributed by atoms with E-state index in [1.54, 1.807) is 31.2 Å². The number of ether oxygens (including phenoxy) is 2. The first-order valence-electron chi connectivity index (χ1n) is 7.26. The van der Waals surface area contributed by atoms with Crippen molar-refractivity contribution >= 4 is 40.9 Å². The molecule has 0 bridgehead atoms. The zero-order chi connectivity index (χ0) is 18.4. The van der Waals surface area contributed by atoms with E-state index in [1.165, 1.54) is 6.08 Å². The van der Waals surface area contributed by atoms with Crippen LogP contribution < -0.4 is 4.74 Å². The number of nitrogens with zero attached hydrogens (tertiary/aromatic N) is 1. The first-order valence-corrected chi connectivity index (χ1v) is 8.08. The highest BCUT2D eigenvalue weighted by Crippen LogP contribution is 2.32. The molecule has 1 aromatic carbocycles. The van der Waals surface area contributed by atoms with Crippen LogP contribution >= 0.6 is 11.8 Å². The maximum Gasteiger partial charge on any atom is 0.341 e. The molecule has 0 saturated carbocycles. The predicted octanol–water partition coefficient (Wildman–Crippen LogP) is 1.75. The number of carboxylic acids is 1. The van der Waals surface area contributed by atoms with Crippen LogP contribution in [0.1, 0.15) is 12.5 Å². The molecule has 1 aliphatic heterocycles. The Labute approximate surface area is 147 Å². The molecular weight excluding hydrogens is 350 g/mol. The lowest BCUT2D eigenvalue weighted by molar-refractivity contribution is -0.146. The van der Waals surface area contributed by atoms with Gasteiger partial charge in [-0.15, -0.1) is 0 Å². The van der Waals surface area contributed by atoms with Crippen LogP contribution in [0, 0.1) is 0 Å². The van der Waals surface area contributed by atoms with E-state index in [0.717, 1.165) is 4.90 Å². The average molecular weight is 365 g/mol. The van der Waals surface area contributed by atoms with Crippen LogP contribution in [0.5, 0.6) is 5.75 Å². The molecule has 1 aliphatic rings. The number of hydrogen-bond acceptors (Lipinski definition) is 7. The minimum absolute atomic E-state index is 0.157. The van der Waals surface area contributed by atoms with Crippen molar-refractivity contribution in [3.05, 3.63) is 34.7 Å². The monoisotopic (exact) mass is 365 g/mol. The molecule has 1 saturated heterocycles. The summed E-state index contributed by atoms with van der Waals surface area (Å²) in [7, 11) is 0. The summed E-state index contributed by atoms with van der Waals surface area (Å²) in [5, 5.41) is 8.06. The second-order valence-electron chi connectivity index (χ2n) is 4.83. The van der Waals surface area contributed by atoms with Crippen LogP contribution in [0.25, 0.3) is 6.08 Å². The number of imide groups is 1. The maximum atomic E-state index is 12.3. The Morgan fingerprint density at radius 2 is 2.08 bits per heavy atom. The van der Waals surface area contributed by atoms with Crippen molar-refractivity contribution < 1.29 is 33.8 Å². The summed E-state index contributed by atoms with van der Waals surface area (Å²) >= 11 is 0.717. The largest absolute Gasteiger partial charge is 0.482 e. The number of thioether (sulfide) groups is 1. The highest BCUT2D eigenvalue weighted by molar-refractivity contribution is 8.18. The molecule has 0 atom stereocenters. The lowest BCUT2D eigenvalue weighted by Gasteiger charge is -2.10. The molecule has 8 nitrogen and oxygen atoms in total. The van der Waals surface area contributed by atoms with Gasteiger partial charge in [-0.2, -0.15) is 0 Å². The van der Waals surface area contributed by atoms with E-state index in [1.807, 2.05) is 0 Å². The fourth-order valence-corrected chi connectivity index (χ4v) is 2.80. The van der Waals surface area contributed by atoms with Gasteiger partial charge in [0, 0.05) is 0 Å². The summed E-state index contributed by atoms with van der Waals surface area (Å²) in [6, 6.07) is 6.42. The zero-order valence-electron chi connectivity index (χ0n) is 13.3. The van der Waals surface area contributed by atoms with Crippen LogP contribution in [0.15, 0.2) is 29.2 Å². The maximum absolute atomic E-state index is 12.3. The van der Waals surface area contributed by atoms with Gasteiger partial charge in [-0.1, -0.05) is 12.1 Å². The van der Waals surface area contributed by atoms with Crippen LogP contribution in [-0.2, 0) is 19.1 Å². The van der Waals surface area contributed by atoms with Crippen molar-refractivity contribution in [2.75, 3.05) is 19.8 Å². The Morgan fingerprint density at radius 1 is 1.32 bits per heavy atom. The van der Waals surface area contributed by atoms with Crippen LogP contribution in [0.3, 0.4) is 0 Å². The lowest BCUT2D eigenvalue weighted by Crippen LogP contribution is -2.34. The SMILES string of the molecule is CCOC(=O)CN1C(=O)S/C(=C/c2cccc(OCC(=O)O)c2)C1=O. The number of carbonyl (C=O) groups is 4. The zero-order valence-corrected chi connectivity index (χ0v) is 14.1. The van der Waals surface area contributed by atoms with Gasteiger partial charge >= 0.3 is 11.9 Å². The second-order valence-corrected chi connectivity index (χ2v) is 5.82. The third-order valence-electron chi connectivity index (χ3n) is 2.98. The van der Waals surface area contributed by atoms with Gasteiger partial charge in [0.25, 0.3) is 11.1 Å². The van der Waals surface area contributed by atoms with Crippen molar-refractivity contribution in [2.24, 2.45) is 0 Å². The lowest BCUT2D eigenvalue weighted by atomic mass is 10.2. The third kappa shape index (κ3) is 5.08. The fraction of sp³-hybridized carbons (Fsp3) is 0.250. The molecule has 2 rings (SSSR count). The summed E-state index contributed by atoms with van der Waals surface area (Å²) in [4.78, 5) is 47.1. The molecule has 9 heteroatoms. The summed E-state index contributed by atoms with van der Waals surface area (Å²) in [5.41, 5.74) is 0.560. The van der Waals surface area contributed by atoms with Crippen molar-refractivity contribution in [1.82, 2.24) is 4.90 Å². The van der Waals surface area contributed by atoms with Gasteiger partial charge in [-0.3, -0.25) is 19.3 Å². The molecule has 25 heavy (non-hydrogen) atoms. The van der Waals surface area contributed by atoms with Gasteiger partial charge in [0.15, 0.2) is 6.61 Å². The van der Waals surface area contributed by atoms with E-state index >= 15 is 0 Å². The quantitative estimate of drug-likeness (QED) is 0.575. The van der Waals surface area contributed by atoms with E-state index in [0.29, 0.717) is 23.1 Å². The van der Waals surface area contributed by atoms with Gasteiger partial charge in [0.1, 0.15) is 12.3 Å². The predicted molar refractivity (Wildman–Crippen MR) is 88.9 cm³/mol. The Balaban J connectivity index is 2.12. The molecule has 0 spiro atoms. The summed E-state index contributed by atoms with van der Waals surface area (Å²) < 4.78 is 9.80. The van der Waals surface area contributed by atoms with Gasteiger partial charge in [-0.05, 0) is 42.5 Å². The van der Waals surface area contributed by atoms with Crippen molar-refractivity contribution in [3.8, 4) is 5.75 Å². The first kappa shape index (κ1) is 18.5. The van der Waals surface area contributed by atoms with Gasteiger partial charge in [0.05, 0.1) is 11.5 Å². The Morgan fingerprint density at radius 3 is 2.76 bits per heavy atom. The minimum atomic E-state index is -1.11. The van der Waals surface area contributed by atoms with E-state index in [-0.39, 0.29) is 11.5 Å². The topological polar surface area (TPSA) is 110 Å². The van der Waals surface area contributed by atoms with Crippen LogP contribution in [0.4, 0.5) is 4.79 Å². The van der Waals surface area contributed by atoms with E-state index in [9.17, 15) is 19.2 Å². The smallest absolute Gasteiger partial charge is 0.341 e. The molecule has 1 heterocycles. The minimum Gasteiger partial charge on any atom is -0.482 e. The number of hydrogen-bond donors (Lipinski definition) is 1. The molecule has 1 N–H and O–H groups in total. The Bertz CT molecular complexity index is 744. The molecule has 2 amide bonds. The summed E-state index contributed by atoms with van der Waals surface area (Å²) in [6.45, 7) is 0.871. The van der Waals surface area contributed by atoms with E-state index < -0.39 is 36.2 Å². The number of carbonyl (C=O) groups excluding carboxylic acids is 3. The van der Waals surface area contributed by atoms with E-state index in [4.69, 9.17) is 14.6 Å². The third-order valence-corrected chi connectivity index (χ3v) is 3.89. The normalized spacial score (nSPS) is 15.6. The molecule has 0 aromatic heterocycles.